The van der Waals surface area contributed by atoms with Crippen molar-refractivity contribution in [3.05, 3.63) is 68.8 Å². The van der Waals surface area contributed by atoms with Gasteiger partial charge in [-0.1, -0.05) is 12.1 Å². The summed E-state index contributed by atoms with van der Waals surface area (Å²) in [6.07, 6.45) is 1.58. The number of nitro benzene ring substituents is 1. The summed E-state index contributed by atoms with van der Waals surface area (Å²) in [4.78, 5) is 36.8. The van der Waals surface area contributed by atoms with Crippen molar-refractivity contribution in [2.24, 2.45) is 5.73 Å². The molecule has 2 aromatic rings. The van der Waals surface area contributed by atoms with Crippen LogP contribution in [0.5, 0.6) is 0 Å². The Hall–Kier alpha value is -2.95. The molecule has 0 aromatic heterocycles. The summed E-state index contributed by atoms with van der Waals surface area (Å²) in [5, 5.41) is 20.4. The van der Waals surface area contributed by atoms with Gasteiger partial charge in [0.05, 0.1) is 10.5 Å². The number of fused-ring (bicyclic) bond motifs is 1. The van der Waals surface area contributed by atoms with Crippen molar-refractivity contribution in [1.29, 1.82) is 0 Å². The van der Waals surface area contributed by atoms with Gasteiger partial charge < -0.3 is 15.7 Å². The van der Waals surface area contributed by atoms with Gasteiger partial charge in [0.2, 0.25) is 0 Å². The van der Waals surface area contributed by atoms with Crippen molar-refractivity contribution in [3.63, 3.8) is 0 Å². The molecule has 2 aromatic carbocycles. The predicted molar refractivity (Wildman–Crippen MR) is 121 cm³/mol. The number of hydrogen-bond acceptors (Lipinski definition) is 7. The molecule has 170 valence electrons. The van der Waals surface area contributed by atoms with Crippen molar-refractivity contribution in [1.82, 2.24) is 9.21 Å². The highest BCUT2D eigenvalue weighted by atomic mass is 32.2. The second-order valence-electron chi connectivity index (χ2n) is 7.81. The number of nitrogens with two attached hydrogens (primary N) is 1. The third kappa shape index (κ3) is 5.26. The van der Waals surface area contributed by atoms with Gasteiger partial charge in [0.25, 0.3) is 11.6 Å². The van der Waals surface area contributed by atoms with E-state index in [1.54, 1.807) is 0 Å². The van der Waals surface area contributed by atoms with E-state index >= 15 is 0 Å². The summed E-state index contributed by atoms with van der Waals surface area (Å²) in [6, 6.07) is 9.68. The second kappa shape index (κ2) is 10.1. The molecule has 32 heavy (non-hydrogen) atoms. The SMILES string of the molecule is CC(CCCN(C)Sc1ccc(C(=O)O)cc1[N+](=O)[O-])N1Cc2cc(CN)ccc2C1=O. The van der Waals surface area contributed by atoms with Crippen LogP contribution >= 0.6 is 11.9 Å². The summed E-state index contributed by atoms with van der Waals surface area (Å²) >= 11 is 1.20. The molecule has 1 amide bonds. The third-order valence-electron chi connectivity index (χ3n) is 5.52. The highest BCUT2D eigenvalue weighted by Gasteiger charge is 2.30. The van der Waals surface area contributed by atoms with E-state index < -0.39 is 10.9 Å². The number of hydrogen-bond donors (Lipinski definition) is 2. The van der Waals surface area contributed by atoms with Crippen molar-refractivity contribution in [2.75, 3.05) is 13.6 Å². The fourth-order valence-corrected chi connectivity index (χ4v) is 4.64. The molecule has 0 saturated heterocycles. The number of benzene rings is 2. The topological polar surface area (TPSA) is 130 Å². The first-order valence-electron chi connectivity index (χ1n) is 10.2. The summed E-state index contributed by atoms with van der Waals surface area (Å²) < 4.78 is 1.88. The number of carbonyl (C=O) groups is 2. The zero-order chi connectivity index (χ0) is 23.4. The average Bonchev–Trinajstić information content (AvgIpc) is 3.09. The molecule has 9 nitrogen and oxygen atoms in total. The van der Waals surface area contributed by atoms with Crippen molar-refractivity contribution < 1.29 is 19.6 Å². The number of rotatable bonds is 10. The molecule has 10 heteroatoms. The molecule has 0 bridgehead atoms. The Labute approximate surface area is 190 Å². The summed E-state index contributed by atoms with van der Waals surface area (Å²) in [6.45, 7) is 3.70. The highest BCUT2D eigenvalue weighted by molar-refractivity contribution is 7.97. The van der Waals surface area contributed by atoms with Crippen LogP contribution in [0.4, 0.5) is 5.69 Å². The molecule has 3 rings (SSSR count). The fourth-order valence-electron chi connectivity index (χ4n) is 3.73. The lowest BCUT2D eigenvalue weighted by atomic mass is 10.1. The third-order valence-corrected chi connectivity index (χ3v) is 6.56. The van der Waals surface area contributed by atoms with Gasteiger partial charge in [-0.15, -0.1) is 0 Å². The Morgan fingerprint density at radius 1 is 1.34 bits per heavy atom. The Morgan fingerprint density at radius 2 is 2.09 bits per heavy atom. The summed E-state index contributed by atoms with van der Waals surface area (Å²) in [5.74, 6) is -1.17. The van der Waals surface area contributed by atoms with E-state index in [1.807, 2.05) is 41.4 Å². The van der Waals surface area contributed by atoms with E-state index in [9.17, 15) is 19.7 Å². The first-order chi connectivity index (χ1) is 15.2. The van der Waals surface area contributed by atoms with Gasteiger partial charge in [-0.05, 0) is 68.1 Å². The van der Waals surface area contributed by atoms with Gasteiger partial charge in [-0.2, -0.15) is 0 Å². The van der Waals surface area contributed by atoms with Gasteiger partial charge in [0.15, 0.2) is 0 Å². The number of nitro groups is 1. The van der Waals surface area contributed by atoms with Crippen LogP contribution in [-0.2, 0) is 13.1 Å². The molecule has 0 fully saturated rings. The number of amides is 1. The first kappa shape index (κ1) is 23.7. The van der Waals surface area contributed by atoms with Gasteiger partial charge in [-0.25, -0.2) is 9.10 Å². The van der Waals surface area contributed by atoms with E-state index in [1.165, 1.54) is 24.1 Å². The lowest BCUT2D eigenvalue weighted by molar-refractivity contribution is -0.387. The number of nitrogens with zero attached hydrogens (tertiary/aromatic N) is 3. The maximum atomic E-state index is 12.7. The molecule has 1 aliphatic heterocycles. The number of carboxylic acids is 1. The van der Waals surface area contributed by atoms with E-state index in [0.717, 1.165) is 35.6 Å². The summed E-state index contributed by atoms with van der Waals surface area (Å²) in [5.41, 5.74) is 8.11. The zero-order valence-electron chi connectivity index (χ0n) is 18.0. The van der Waals surface area contributed by atoms with Gasteiger partial charge in [-0.3, -0.25) is 14.9 Å². The molecule has 1 heterocycles. The van der Waals surface area contributed by atoms with Crippen molar-refractivity contribution in [2.45, 2.75) is 43.8 Å². The van der Waals surface area contributed by atoms with Crippen LogP contribution in [0.15, 0.2) is 41.3 Å². The molecule has 3 N–H and O–H groups in total. The van der Waals surface area contributed by atoms with E-state index in [4.69, 9.17) is 10.8 Å². The number of carbonyl (C=O) groups excluding carboxylic acids is 1. The van der Waals surface area contributed by atoms with Crippen LogP contribution in [0.2, 0.25) is 0 Å². The maximum absolute atomic E-state index is 12.7. The Bertz CT molecular complexity index is 1040. The maximum Gasteiger partial charge on any atom is 0.335 e. The summed E-state index contributed by atoms with van der Waals surface area (Å²) in [7, 11) is 1.83. The molecular formula is C22H26N4O5S. The van der Waals surface area contributed by atoms with Crippen LogP contribution < -0.4 is 5.73 Å². The van der Waals surface area contributed by atoms with Crippen molar-refractivity contribution >= 4 is 29.5 Å². The standard InChI is InChI=1S/C22H26N4O5S/c1-14(25-13-17-10-15(12-23)5-7-18(17)21(25)27)4-3-9-24(2)32-20-8-6-16(22(28)29)11-19(20)26(30)31/h5-8,10-11,14H,3-4,9,12-13,23H2,1-2H3,(H,28,29). The molecule has 0 radical (unpaired) electrons. The van der Waals surface area contributed by atoms with E-state index in [-0.39, 0.29) is 23.2 Å². The minimum Gasteiger partial charge on any atom is -0.478 e. The fraction of sp³-hybridized carbons (Fsp3) is 0.364. The molecule has 0 spiro atoms. The number of carboxylic acid groups (broad SMARTS) is 1. The normalized spacial score (nSPS) is 14.0. The van der Waals surface area contributed by atoms with E-state index in [0.29, 0.717) is 24.5 Å². The lowest BCUT2D eigenvalue weighted by Crippen LogP contribution is -2.33. The molecule has 1 atom stereocenters. The van der Waals surface area contributed by atoms with Crippen LogP contribution in [-0.4, -0.2) is 50.7 Å². The molecule has 1 unspecified atom stereocenters. The molecule has 0 aliphatic carbocycles. The first-order valence-corrected chi connectivity index (χ1v) is 11.0. The zero-order valence-corrected chi connectivity index (χ0v) is 18.8. The lowest BCUT2D eigenvalue weighted by Gasteiger charge is -2.25. The predicted octanol–water partition coefficient (Wildman–Crippen LogP) is 3.52. The smallest absolute Gasteiger partial charge is 0.335 e. The molecule has 0 saturated carbocycles. The Morgan fingerprint density at radius 3 is 2.75 bits per heavy atom. The second-order valence-corrected chi connectivity index (χ2v) is 9.05. The van der Waals surface area contributed by atoms with Crippen LogP contribution in [0.3, 0.4) is 0 Å². The minimum atomic E-state index is -1.20. The number of aromatic carboxylic acids is 1. The van der Waals surface area contributed by atoms with Crippen LogP contribution in [0.1, 0.15) is 51.6 Å². The monoisotopic (exact) mass is 458 g/mol. The Kier molecular flexibility index (Phi) is 7.49. The van der Waals surface area contributed by atoms with Crippen LogP contribution in [0, 0.1) is 10.1 Å². The van der Waals surface area contributed by atoms with Crippen LogP contribution in [0.25, 0.3) is 0 Å². The van der Waals surface area contributed by atoms with Gasteiger partial charge >= 0.3 is 5.97 Å². The van der Waals surface area contributed by atoms with Gasteiger partial charge in [0, 0.05) is 37.3 Å². The largest absolute Gasteiger partial charge is 0.478 e. The van der Waals surface area contributed by atoms with Crippen molar-refractivity contribution in [3.8, 4) is 0 Å². The Balaban J connectivity index is 1.54. The highest BCUT2D eigenvalue weighted by Crippen LogP contribution is 2.32. The quantitative estimate of drug-likeness (QED) is 0.314. The molecule has 1 aliphatic rings. The molecular weight excluding hydrogens is 432 g/mol. The minimum absolute atomic E-state index is 0.0351. The van der Waals surface area contributed by atoms with E-state index in [2.05, 4.69) is 0 Å². The van der Waals surface area contributed by atoms with Gasteiger partial charge in [0.1, 0.15) is 4.90 Å². The average molecular weight is 459 g/mol.